The molecule has 1 fully saturated rings. The van der Waals surface area contributed by atoms with Gasteiger partial charge in [-0.15, -0.1) is 0 Å². The van der Waals surface area contributed by atoms with Crippen LogP contribution in [-0.2, 0) is 16.2 Å². The van der Waals surface area contributed by atoms with E-state index in [1.807, 2.05) is 42.5 Å². The van der Waals surface area contributed by atoms with Gasteiger partial charge in [-0.3, -0.25) is 14.9 Å². The van der Waals surface area contributed by atoms with Crippen molar-refractivity contribution in [1.82, 2.24) is 5.32 Å². The number of amides is 4. The molecule has 7 heteroatoms. The number of nitrogens with one attached hydrogen (secondary N) is 1. The normalized spacial score (nSPS) is 15.1. The maximum atomic E-state index is 13.1. The molecule has 4 amide bonds. The van der Waals surface area contributed by atoms with Crippen molar-refractivity contribution in [2.24, 2.45) is 0 Å². The summed E-state index contributed by atoms with van der Waals surface area (Å²) in [5, 5.41) is 2.85. The zero-order chi connectivity index (χ0) is 24.2. The van der Waals surface area contributed by atoms with Crippen LogP contribution in [0.2, 0.25) is 5.02 Å². The Kier molecular flexibility index (Phi) is 6.80. The van der Waals surface area contributed by atoms with Crippen molar-refractivity contribution < 1.29 is 19.1 Å². The van der Waals surface area contributed by atoms with E-state index in [2.05, 4.69) is 19.2 Å². The van der Waals surface area contributed by atoms with Gasteiger partial charge in [-0.1, -0.05) is 67.9 Å². The zero-order valence-corrected chi connectivity index (χ0v) is 19.5. The van der Waals surface area contributed by atoms with E-state index >= 15 is 0 Å². The molecule has 3 aromatic rings. The Balaban J connectivity index is 1.52. The molecule has 0 spiro atoms. The van der Waals surface area contributed by atoms with E-state index in [1.165, 1.54) is 6.08 Å². The Bertz CT molecular complexity index is 1260. The van der Waals surface area contributed by atoms with Crippen molar-refractivity contribution in [3.63, 3.8) is 0 Å². The predicted octanol–water partition coefficient (Wildman–Crippen LogP) is 5.71. The molecule has 34 heavy (non-hydrogen) atoms. The molecule has 0 bridgehead atoms. The highest BCUT2D eigenvalue weighted by atomic mass is 35.5. The Labute approximate surface area is 202 Å². The molecule has 0 radical (unpaired) electrons. The number of benzene rings is 3. The first-order chi connectivity index (χ1) is 16.3. The van der Waals surface area contributed by atoms with Crippen molar-refractivity contribution >= 4 is 41.2 Å². The molecule has 3 aromatic carbocycles. The van der Waals surface area contributed by atoms with Gasteiger partial charge in [0.2, 0.25) is 0 Å². The van der Waals surface area contributed by atoms with Crippen LogP contribution in [0.5, 0.6) is 5.75 Å². The Morgan fingerprint density at radius 2 is 1.62 bits per heavy atom. The molecule has 0 aliphatic carbocycles. The average Bonchev–Trinajstić information content (AvgIpc) is 2.82. The number of carbonyl (C=O) groups is 3. The maximum Gasteiger partial charge on any atom is 0.335 e. The number of ether oxygens (including phenoxy) is 1. The predicted molar refractivity (Wildman–Crippen MR) is 132 cm³/mol. The van der Waals surface area contributed by atoms with Gasteiger partial charge in [0.05, 0.1) is 5.69 Å². The van der Waals surface area contributed by atoms with Crippen LogP contribution in [0, 0.1) is 0 Å². The Hall–Kier alpha value is -3.90. The summed E-state index contributed by atoms with van der Waals surface area (Å²) in [5.41, 5.74) is 2.89. The van der Waals surface area contributed by atoms with Gasteiger partial charge in [0.1, 0.15) is 17.9 Å². The highest BCUT2D eigenvalue weighted by molar-refractivity contribution is 6.39. The van der Waals surface area contributed by atoms with Crippen LogP contribution in [0.1, 0.15) is 36.5 Å². The van der Waals surface area contributed by atoms with Crippen LogP contribution in [-0.4, -0.2) is 17.8 Å². The fraction of sp³-hybridized carbons (Fsp3) is 0.148. The summed E-state index contributed by atoms with van der Waals surface area (Å²) >= 11 is 6.15. The number of imide groups is 2. The molecule has 0 atom stereocenters. The first-order valence-electron chi connectivity index (χ1n) is 10.8. The molecule has 172 valence electrons. The minimum absolute atomic E-state index is 0.115. The van der Waals surface area contributed by atoms with Crippen LogP contribution in [0.4, 0.5) is 10.5 Å². The number of anilines is 1. The number of rotatable bonds is 6. The van der Waals surface area contributed by atoms with Crippen LogP contribution in [0.25, 0.3) is 6.08 Å². The fourth-order valence-corrected chi connectivity index (χ4v) is 3.69. The molecule has 1 heterocycles. The molecule has 1 aliphatic rings. The Morgan fingerprint density at radius 1 is 0.941 bits per heavy atom. The third-order valence-corrected chi connectivity index (χ3v) is 5.83. The molecule has 0 aromatic heterocycles. The smallest absolute Gasteiger partial charge is 0.335 e. The molecular formula is C27H23ClN2O4. The lowest BCUT2D eigenvalue weighted by atomic mass is 10.0. The number of carbonyl (C=O) groups excluding carboxylic acids is 3. The summed E-state index contributed by atoms with van der Waals surface area (Å²) in [6, 6.07) is 20.6. The molecule has 1 saturated heterocycles. The molecule has 1 aliphatic heterocycles. The van der Waals surface area contributed by atoms with Gasteiger partial charge in [0.25, 0.3) is 11.8 Å². The van der Waals surface area contributed by atoms with Gasteiger partial charge < -0.3 is 4.74 Å². The van der Waals surface area contributed by atoms with E-state index < -0.39 is 17.8 Å². The van der Waals surface area contributed by atoms with Gasteiger partial charge in [-0.25, -0.2) is 9.69 Å². The summed E-state index contributed by atoms with van der Waals surface area (Å²) in [4.78, 5) is 38.9. The summed E-state index contributed by atoms with van der Waals surface area (Å²) in [7, 11) is 0. The van der Waals surface area contributed by atoms with E-state index in [0.29, 0.717) is 27.9 Å². The van der Waals surface area contributed by atoms with Gasteiger partial charge in [-0.05, 0) is 53.5 Å². The third-order valence-electron chi connectivity index (χ3n) is 5.46. The van der Waals surface area contributed by atoms with Crippen molar-refractivity contribution in [1.29, 1.82) is 0 Å². The molecule has 4 rings (SSSR count). The van der Waals surface area contributed by atoms with Crippen molar-refractivity contribution in [3.8, 4) is 5.75 Å². The van der Waals surface area contributed by atoms with Gasteiger partial charge >= 0.3 is 6.03 Å². The van der Waals surface area contributed by atoms with Crippen molar-refractivity contribution in [3.05, 3.63) is 100 Å². The van der Waals surface area contributed by atoms with Crippen LogP contribution >= 0.6 is 11.6 Å². The minimum Gasteiger partial charge on any atom is -0.489 e. The van der Waals surface area contributed by atoms with Gasteiger partial charge in [-0.2, -0.15) is 0 Å². The number of halogens is 1. The lowest BCUT2D eigenvalue weighted by molar-refractivity contribution is -0.122. The van der Waals surface area contributed by atoms with Gasteiger partial charge in [0.15, 0.2) is 0 Å². The van der Waals surface area contributed by atoms with Crippen molar-refractivity contribution in [2.45, 2.75) is 26.4 Å². The molecule has 6 nitrogen and oxygen atoms in total. The second kappa shape index (κ2) is 9.93. The van der Waals surface area contributed by atoms with E-state index in [0.717, 1.165) is 16.0 Å². The highest BCUT2D eigenvalue weighted by Crippen LogP contribution is 2.26. The Morgan fingerprint density at radius 3 is 2.26 bits per heavy atom. The number of nitrogens with zero attached hydrogens (tertiary/aromatic N) is 1. The first-order valence-corrected chi connectivity index (χ1v) is 11.2. The van der Waals surface area contributed by atoms with E-state index in [9.17, 15) is 14.4 Å². The van der Waals surface area contributed by atoms with Gasteiger partial charge in [0, 0.05) is 10.6 Å². The van der Waals surface area contributed by atoms with Crippen LogP contribution < -0.4 is 15.0 Å². The average molecular weight is 475 g/mol. The quantitative estimate of drug-likeness (QED) is 0.367. The summed E-state index contributed by atoms with van der Waals surface area (Å²) < 4.78 is 5.76. The largest absolute Gasteiger partial charge is 0.489 e. The lowest BCUT2D eigenvalue weighted by Crippen LogP contribution is -2.54. The SMILES string of the molecule is CC(C)c1ccc(/C=C2\C(=O)NC(=O)N(c3ccc(OCc4ccccc4Cl)cc3)C2=O)cc1. The third kappa shape index (κ3) is 5.02. The molecule has 0 unspecified atom stereocenters. The second-order valence-electron chi connectivity index (χ2n) is 8.15. The fourth-order valence-electron chi connectivity index (χ4n) is 3.50. The topological polar surface area (TPSA) is 75.7 Å². The standard InChI is InChI=1S/C27H23ClN2O4/c1-17(2)19-9-7-18(8-10-19)15-23-25(31)29-27(33)30(26(23)32)21-11-13-22(14-12-21)34-16-20-5-3-4-6-24(20)28/h3-15,17H,16H2,1-2H3,(H,29,31,33)/b23-15+. The number of barbiturate groups is 1. The highest BCUT2D eigenvalue weighted by Gasteiger charge is 2.36. The van der Waals surface area contributed by atoms with Crippen molar-refractivity contribution in [2.75, 3.05) is 4.90 Å². The summed E-state index contributed by atoms with van der Waals surface area (Å²) in [6.45, 7) is 4.45. The summed E-state index contributed by atoms with van der Waals surface area (Å²) in [6.07, 6.45) is 1.49. The minimum atomic E-state index is -0.799. The molecular weight excluding hydrogens is 452 g/mol. The van der Waals surface area contributed by atoms with E-state index in [4.69, 9.17) is 16.3 Å². The second-order valence-corrected chi connectivity index (χ2v) is 8.56. The first kappa shape index (κ1) is 23.3. The van der Waals surface area contributed by atoms with E-state index in [1.54, 1.807) is 30.3 Å². The van der Waals surface area contributed by atoms with Crippen LogP contribution in [0.15, 0.2) is 78.4 Å². The molecule has 1 N–H and O–H groups in total. The maximum absolute atomic E-state index is 13.1. The lowest BCUT2D eigenvalue weighted by Gasteiger charge is -2.26. The van der Waals surface area contributed by atoms with Crippen LogP contribution in [0.3, 0.4) is 0 Å². The van der Waals surface area contributed by atoms with E-state index in [-0.39, 0.29) is 12.2 Å². The monoisotopic (exact) mass is 474 g/mol. The number of urea groups is 1. The summed E-state index contributed by atoms with van der Waals surface area (Å²) in [5.74, 6) is -0.498. The molecule has 0 saturated carbocycles. The number of hydrogen-bond donors (Lipinski definition) is 1. The zero-order valence-electron chi connectivity index (χ0n) is 18.7. The number of hydrogen-bond acceptors (Lipinski definition) is 4.